The molecule has 0 aliphatic carbocycles. The van der Waals surface area contributed by atoms with Crippen molar-refractivity contribution in [1.29, 1.82) is 0 Å². The third kappa shape index (κ3) is 6.77. The summed E-state index contributed by atoms with van der Waals surface area (Å²) in [7, 11) is 0. The number of nitrogens with zero attached hydrogens (tertiary/aromatic N) is 1. The number of rotatable bonds is 10. The quantitative estimate of drug-likeness (QED) is 0.565. The molecule has 1 unspecified atom stereocenters. The lowest BCUT2D eigenvalue weighted by molar-refractivity contribution is -0.129. The molecule has 0 fully saturated rings. The largest absolute Gasteiger partial charge is 0.393 e. The normalized spacial score (nSPS) is 14.4. The topological polar surface area (TPSA) is 79.3 Å². The number of hydrogen-bond acceptors (Lipinski definition) is 4. The molecule has 1 aromatic carbocycles. The van der Waals surface area contributed by atoms with E-state index in [2.05, 4.69) is 38.0 Å². The predicted molar refractivity (Wildman–Crippen MR) is 120 cm³/mol. The number of amides is 1. The number of ketones is 1. The lowest BCUT2D eigenvalue weighted by Crippen LogP contribution is -2.45. The number of aliphatic hydroxyl groups is 1. The van der Waals surface area contributed by atoms with Crippen molar-refractivity contribution in [3.05, 3.63) is 54.2 Å². The molecule has 1 aromatic heterocycles. The van der Waals surface area contributed by atoms with Gasteiger partial charge in [-0.1, -0.05) is 64.1 Å². The van der Waals surface area contributed by atoms with Crippen molar-refractivity contribution in [2.24, 2.45) is 17.8 Å². The highest BCUT2D eigenvalue weighted by Gasteiger charge is 2.30. The molecule has 2 N–H and O–H groups in total. The number of Topliss-reactive ketones (excluding diaryl/α,β-unsaturated/α-hetero) is 1. The minimum atomic E-state index is -0.932. The Hall–Kier alpha value is -2.53. The molecule has 30 heavy (non-hydrogen) atoms. The Morgan fingerprint density at radius 2 is 1.63 bits per heavy atom. The molecule has 0 aliphatic heterocycles. The fraction of sp³-hybridized carbons (Fsp3) is 0.480. The second kappa shape index (κ2) is 11.0. The van der Waals surface area contributed by atoms with Crippen LogP contribution < -0.4 is 5.32 Å². The van der Waals surface area contributed by atoms with Gasteiger partial charge < -0.3 is 10.4 Å². The highest BCUT2D eigenvalue weighted by molar-refractivity contribution is 5.97. The molecule has 0 saturated heterocycles. The fourth-order valence-electron chi connectivity index (χ4n) is 3.44. The maximum atomic E-state index is 12.9. The second-order valence-electron chi connectivity index (χ2n) is 8.74. The molecule has 5 nitrogen and oxygen atoms in total. The van der Waals surface area contributed by atoms with E-state index in [4.69, 9.17) is 0 Å². The molecule has 1 amide bonds. The van der Waals surface area contributed by atoms with Gasteiger partial charge in [-0.15, -0.1) is 0 Å². The fourth-order valence-corrected chi connectivity index (χ4v) is 3.44. The summed E-state index contributed by atoms with van der Waals surface area (Å²) in [6.45, 7) is 9.91. The van der Waals surface area contributed by atoms with E-state index in [0.29, 0.717) is 17.3 Å². The van der Waals surface area contributed by atoms with E-state index in [1.165, 1.54) is 0 Å². The molecule has 2 aromatic rings. The average molecular weight is 411 g/mol. The van der Waals surface area contributed by atoms with Gasteiger partial charge in [0.05, 0.1) is 17.7 Å². The van der Waals surface area contributed by atoms with Crippen molar-refractivity contribution in [2.75, 3.05) is 0 Å². The third-order valence-electron chi connectivity index (χ3n) is 5.29. The summed E-state index contributed by atoms with van der Waals surface area (Å²) < 4.78 is 0. The van der Waals surface area contributed by atoms with Crippen molar-refractivity contribution in [3.63, 3.8) is 0 Å². The highest BCUT2D eigenvalue weighted by Crippen LogP contribution is 2.20. The van der Waals surface area contributed by atoms with Crippen LogP contribution in [0.2, 0.25) is 0 Å². The summed E-state index contributed by atoms with van der Waals surface area (Å²) >= 11 is 0. The van der Waals surface area contributed by atoms with Crippen LogP contribution in [0.1, 0.15) is 57.9 Å². The van der Waals surface area contributed by atoms with Crippen LogP contribution in [0.5, 0.6) is 0 Å². The SMILES string of the molecule is CC(C)CC(NC(=O)[C@@H](CC(=O)c1cccc(-c2ccccc2)n1)[C@@H](C)O)C(C)C. The Morgan fingerprint density at radius 1 is 0.967 bits per heavy atom. The Balaban J connectivity index is 2.14. The first-order valence-corrected chi connectivity index (χ1v) is 10.7. The minimum absolute atomic E-state index is 0.00776. The zero-order chi connectivity index (χ0) is 22.3. The lowest BCUT2D eigenvalue weighted by atomic mass is 9.91. The van der Waals surface area contributed by atoms with Gasteiger partial charge in [-0.3, -0.25) is 9.59 Å². The van der Waals surface area contributed by atoms with E-state index in [9.17, 15) is 14.7 Å². The minimum Gasteiger partial charge on any atom is -0.393 e. The molecule has 1 heterocycles. The summed E-state index contributed by atoms with van der Waals surface area (Å²) in [6.07, 6.45) is -0.163. The van der Waals surface area contributed by atoms with Crippen LogP contribution in [0.3, 0.4) is 0 Å². The van der Waals surface area contributed by atoms with E-state index in [1.54, 1.807) is 19.1 Å². The zero-order valence-electron chi connectivity index (χ0n) is 18.6. The van der Waals surface area contributed by atoms with Crippen LogP contribution in [0, 0.1) is 17.8 Å². The van der Waals surface area contributed by atoms with Gasteiger partial charge >= 0.3 is 0 Å². The molecule has 5 heteroatoms. The second-order valence-corrected chi connectivity index (χ2v) is 8.74. The van der Waals surface area contributed by atoms with Crippen LogP contribution in [0.15, 0.2) is 48.5 Å². The van der Waals surface area contributed by atoms with Gasteiger partial charge in [0, 0.05) is 18.0 Å². The van der Waals surface area contributed by atoms with E-state index in [0.717, 1.165) is 12.0 Å². The van der Waals surface area contributed by atoms with Crippen molar-refractivity contribution in [3.8, 4) is 11.3 Å². The number of carbonyl (C=O) groups is 2. The smallest absolute Gasteiger partial charge is 0.226 e. The van der Waals surface area contributed by atoms with Crippen LogP contribution >= 0.6 is 0 Å². The first kappa shape index (κ1) is 23.7. The molecule has 2 rings (SSSR count). The maximum Gasteiger partial charge on any atom is 0.226 e. The predicted octanol–water partition coefficient (Wildman–Crippen LogP) is 4.51. The Bertz CT molecular complexity index is 831. The first-order chi connectivity index (χ1) is 14.2. The Labute approximate surface area is 179 Å². The van der Waals surface area contributed by atoms with Gasteiger partial charge in [0.2, 0.25) is 5.91 Å². The monoisotopic (exact) mass is 410 g/mol. The maximum absolute atomic E-state index is 12.9. The molecule has 162 valence electrons. The Kier molecular flexibility index (Phi) is 8.72. The lowest BCUT2D eigenvalue weighted by Gasteiger charge is -2.27. The van der Waals surface area contributed by atoms with E-state index >= 15 is 0 Å². The van der Waals surface area contributed by atoms with Gasteiger partial charge in [0.15, 0.2) is 5.78 Å². The van der Waals surface area contributed by atoms with Crippen molar-refractivity contribution in [1.82, 2.24) is 10.3 Å². The van der Waals surface area contributed by atoms with Gasteiger partial charge in [-0.2, -0.15) is 0 Å². The van der Waals surface area contributed by atoms with Gasteiger partial charge in [0.25, 0.3) is 0 Å². The third-order valence-corrected chi connectivity index (χ3v) is 5.29. The number of aliphatic hydroxyl groups excluding tert-OH is 1. The first-order valence-electron chi connectivity index (χ1n) is 10.7. The highest BCUT2D eigenvalue weighted by atomic mass is 16.3. The number of carbonyl (C=O) groups excluding carboxylic acids is 2. The molecular weight excluding hydrogens is 376 g/mol. The Morgan fingerprint density at radius 3 is 2.20 bits per heavy atom. The van der Waals surface area contributed by atoms with Gasteiger partial charge in [-0.25, -0.2) is 4.98 Å². The van der Waals surface area contributed by atoms with Gasteiger partial charge in [0.1, 0.15) is 5.69 Å². The zero-order valence-corrected chi connectivity index (χ0v) is 18.6. The summed E-state index contributed by atoms with van der Waals surface area (Å²) in [5.41, 5.74) is 1.93. The summed E-state index contributed by atoms with van der Waals surface area (Å²) in [5.74, 6) is -0.635. The molecule has 0 bridgehead atoms. The molecule has 0 spiro atoms. The number of benzene rings is 1. The van der Waals surface area contributed by atoms with Crippen LogP contribution in [-0.4, -0.2) is 33.9 Å². The van der Waals surface area contributed by atoms with Crippen molar-refractivity contribution < 1.29 is 14.7 Å². The van der Waals surface area contributed by atoms with E-state index < -0.39 is 12.0 Å². The number of hydrogen-bond donors (Lipinski definition) is 2. The molecule has 0 aliphatic rings. The molecular formula is C25H34N2O3. The number of pyridine rings is 1. The van der Waals surface area contributed by atoms with E-state index in [-0.39, 0.29) is 30.1 Å². The number of aromatic nitrogens is 1. The average Bonchev–Trinajstić information content (AvgIpc) is 2.71. The van der Waals surface area contributed by atoms with E-state index in [1.807, 2.05) is 36.4 Å². The van der Waals surface area contributed by atoms with Crippen molar-refractivity contribution in [2.45, 2.75) is 59.6 Å². The molecule has 0 radical (unpaired) electrons. The summed E-state index contributed by atoms with van der Waals surface area (Å²) in [6, 6.07) is 14.9. The summed E-state index contributed by atoms with van der Waals surface area (Å²) in [5, 5.41) is 13.3. The summed E-state index contributed by atoms with van der Waals surface area (Å²) in [4.78, 5) is 30.3. The standard InChI is InChI=1S/C25H34N2O3/c1-16(2)14-23(17(3)4)27-25(30)20(18(5)28)15-24(29)22-13-9-12-21(26-22)19-10-7-6-8-11-19/h6-13,16-18,20,23,28H,14-15H2,1-5H3,(H,27,30)/t18-,20+,23?/m1/s1. The molecule has 0 saturated carbocycles. The number of nitrogens with one attached hydrogen (secondary N) is 1. The van der Waals surface area contributed by atoms with Crippen molar-refractivity contribution >= 4 is 11.7 Å². The van der Waals surface area contributed by atoms with Crippen LogP contribution in [0.4, 0.5) is 0 Å². The van der Waals surface area contributed by atoms with Crippen LogP contribution in [0.25, 0.3) is 11.3 Å². The van der Waals surface area contributed by atoms with Crippen LogP contribution in [-0.2, 0) is 4.79 Å². The van der Waals surface area contributed by atoms with Gasteiger partial charge in [-0.05, 0) is 37.3 Å². The molecule has 3 atom stereocenters.